The van der Waals surface area contributed by atoms with Crippen LogP contribution in [0.5, 0.6) is 0 Å². The van der Waals surface area contributed by atoms with Crippen molar-refractivity contribution >= 4 is 44.4 Å². The van der Waals surface area contributed by atoms with Crippen LogP contribution in [0.2, 0.25) is 0 Å². The number of benzene rings is 3. The van der Waals surface area contributed by atoms with Gasteiger partial charge < -0.3 is 20.1 Å². The molecule has 148 valence electrons. The summed E-state index contributed by atoms with van der Waals surface area (Å²) in [6, 6.07) is 20.9. The van der Waals surface area contributed by atoms with Gasteiger partial charge in [0.05, 0.1) is 0 Å². The lowest BCUT2D eigenvalue weighted by Crippen LogP contribution is -2.46. The fourth-order valence-electron chi connectivity index (χ4n) is 3.38. The summed E-state index contributed by atoms with van der Waals surface area (Å²) in [5.74, 6) is -2.82. The van der Waals surface area contributed by atoms with Crippen LogP contribution in [-0.4, -0.2) is 29.4 Å². The Hall–Kier alpha value is -2.90. The topological polar surface area (TPSA) is 78.9 Å². The number of aliphatic hydroxyl groups is 1. The van der Waals surface area contributed by atoms with Gasteiger partial charge in [0.15, 0.2) is 0 Å². The van der Waals surface area contributed by atoms with E-state index < -0.39 is 17.8 Å². The molecule has 4 rings (SSSR count). The number of alkyl carbamates (subject to hydrolysis) is 1. The zero-order chi connectivity index (χ0) is 20.4. The second-order valence-corrected chi connectivity index (χ2v) is 7.81. The van der Waals surface area contributed by atoms with E-state index in [9.17, 15) is 14.7 Å². The quantitative estimate of drug-likeness (QED) is 0.584. The van der Waals surface area contributed by atoms with Crippen molar-refractivity contribution in [2.24, 2.45) is 0 Å². The molecule has 0 saturated carbocycles. The third kappa shape index (κ3) is 4.11. The molecule has 1 aliphatic heterocycles. The van der Waals surface area contributed by atoms with Crippen LogP contribution in [0.25, 0.3) is 10.8 Å². The number of carbonyl (C=O) groups excluding carboxylic acids is 2. The molecule has 7 heteroatoms. The Morgan fingerprint density at radius 1 is 1.10 bits per heavy atom. The summed E-state index contributed by atoms with van der Waals surface area (Å²) in [5.41, 5.74) is 1.52. The molecule has 1 atom stereocenters. The number of amides is 2. The highest BCUT2D eigenvalue weighted by molar-refractivity contribution is 9.10. The van der Waals surface area contributed by atoms with Gasteiger partial charge in [-0.25, -0.2) is 4.79 Å². The highest BCUT2D eigenvalue weighted by atomic mass is 79.9. The second kappa shape index (κ2) is 7.85. The van der Waals surface area contributed by atoms with Gasteiger partial charge in [-0.1, -0.05) is 58.4 Å². The third-order valence-corrected chi connectivity index (χ3v) is 5.38. The minimum Gasteiger partial charge on any atom is -0.407 e. The molecule has 3 aromatic carbocycles. The summed E-state index contributed by atoms with van der Waals surface area (Å²) in [5, 5.41) is 15.2. The largest absolute Gasteiger partial charge is 0.410 e. The van der Waals surface area contributed by atoms with Crippen LogP contribution in [0.3, 0.4) is 0 Å². The van der Waals surface area contributed by atoms with Gasteiger partial charge >= 0.3 is 6.09 Å². The second-order valence-electron chi connectivity index (χ2n) is 6.90. The smallest absolute Gasteiger partial charge is 0.407 e. The molecule has 6 nitrogen and oxygen atoms in total. The van der Waals surface area contributed by atoms with E-state index in [1.807, 2.05) is 66.7 Å². The first-order valence-corrected chi connectivity index (χ1v) is 9.98. The summed E-state index contributed by atoms with van der Waals surface area (Å²) in [7, 11) is 0. The molecule has 0 bridgehead atoms. The van der Waals surface area contributed by atoms with E-state index in [0.29, 0.717) is 5.69 Å². The van der Waals surface area contributed by atoms with Gasteiger partial charge in [0.1, 0.15) is 0 Å². The number of hydrogen-bond acceptors (Lipinski definition) is 4. The van der Waals surface area contributed by atoms with Crippen LogP contribution in [-0.2, 0) is 16.1 Å². The van der Waals surface area contributed by atoms with Gasteiger partial charge in [-0.2, -0.15) is 0 Å². The number of halogens is 1. The molecule has 3 aromatic rings. The van der Waals surface area contributed by atoms with Crippen molar-refractivity contribution in [2.75, 3.05) is 11.4 Å². The van der Waals surface area contributed by atoms with Gasteiger partial charge in [0.2, 0.25) is 0 Å². The van der Waals surface area contributed by atoms with E-state index in [2.05, 4.69) is 21.2 Å². The van der Waals surface area contributed by atoms with Crippen molar-refractivity contribution in [3.8, 4) is 0 Å². The minimum atomic E-state index is -2.17. The van der Waals surface area contributed by atoms with Crippen molar-refractivity contribution in [2.45, 2.75) is 18.8 Å². The number of hydrogen-bond donors (Lipinski definition) is 2. The predicted molar refractivity (Wildman–Crippen MR) is 113 cm³/mol. The number of fused-ring (bicyclic) bond motifs is 1. The Labute approximate surface area is 176 Å². The maximum Gasteiger partial charge on any atom is 0.410 e. The molecular formula is C22H19BrN2O4. The first-order valence-electron chi connectivity index (χ1n) is 9.19. The van der Waals surface area contributed by atoms with Gasteiger partial charge in [-0.15, -0.1) is 0 Å². The van der Waals surface area contributed by atoms with E-state index >= 15 is 0 Å². The zero-order valence-electron chi connectivity index (χ0n) is 15.5. The SMILES string of the molecule is O=C(NCc1cccc(Br)c1)O[C@]1(O)CCN(c2ccc3ccccc3c2)C1=O. The van der Waals surface area contributed by atoms with Crippen molar-refractivity contribution in [3.05, 3.63) is 76.8 Å². The highest BCUT2D eigenvalue weighted by Gasteiger charge is 2.49. The Balaban J connectivity index is 1.43. The van der Waals surface area contributed by atoms with Crippen molar-refractivity contribution in [3.63, 3.8) is 0 Å². The summed E-state index contributed by atoms with van der Waals surface area (Å²) in [6.45, 7) is 0.476. The lowest BCUT2D eigenvalue weighted by atomic mass is 10.1. The first-order chi connectivity index (χ1) is 13.9. The van der Waals surface area contributed by atoms with Crippen molar-refractivity contribution in [1.82, 2.24) is 5.32 Å². The summed E-state index contributed by atoms with van der Waals surface area (Å²) in [6.07, 6.45) is -0.843. The van der Waals surface area contributed by atoms with E-state index in [-0.39, 0.29) is 19.5 Å². The third-order valence-electron chi connectivity index (χ3n) is 4.89. The van der Waals surface area contributed by atoms with Crippen molar-refractivity contribution in [1.29, 1.82) is 0 Å². The molecular weight excluding hydrogens is 436 g/mol. The van der Waals surface area contributed by atoms with Crippen LogP contribution in [0, 0.1) is 0 Å². The van der Waals surface area contributed by atoms with E-state index in [0.717, 1.165) is 20.8 Å². The minimum absolute atomic E-state index is 0.00294. The van der Waals surface area contributed by atoms with Crippen LogP contribution >= 0.6 is 15.9 Å². The van der Waals surface area contributed by atoms with Gasteiger partial charge in [-0.05, 0) is 40.6 Å². The molecule has 0 unspecified atom stereocenters. The normalized spacial score (nSPS) is 18.8. The van der Waals surface area contributed by atoms with Gasteiger partial charge in [0, 0.05) is 29.7 Å². The molecule has 29 heavy (non-hydrogen) atoms. The van der Waals surface area contributed by atoms with Crippen LogP contribution in [0.1, 0.15) is 12.0 Å². The molecule has 0 spiro atoms. The van der Waals surface area contributed by atoms with Gasteiger partial charge in [-0.3, -0.25) is 4.79 Å². The first kappa shape index (κ1) is 19.4. The number of ether oxygens (including phenoxy) is 1. The van der Waals surface area contributed by atoms with E-state index in [4.69, 9.17) is 4.74 Å². The standard InChI is InChI=1S/C22H19BrN2O4/c23-18-7-3-4-15(12-18)14-24-21(27)29-22(28)10-11-25(20(22)26)19-9-8-16-5-1-2-6-17(16)13-19/h1-9,12-13,28H,10-11,14H2,(H,24,27)/t22-/m1/s1. The Morgan fingerprint density at radius 2 is 1.90 bits per heavy atom. The number of nitrogens with zero attached hydrogens (tertiary/aromatic N) is 1. The average Bonchev–Trinajstić information content (AvgIpc) is 3.00. The number of rotatable bonds is 4. The molecule has 0 aliphatic carbocycles. The van der Waals surface area contributed by atoms with Crippen LogP contribution < -0.4 is 10.2 Å². The summed E-state index contributed by atoms with van der Waals surface area (Å²) >= 11 is 3.37. The van der Waals surface area contributed by atoms with E-state index in [1.54, 1.807) is 0 Å². The molecule has 1 aliphatic rings. The maximum absolute atomic E-state index is 12.8. The maximum atomic E-state index is 12.8. The lowest BCUT2D eigenvalue weighted by molar-refractivity contribution is -0.175. The Morgan fingerprint density at radius 3 is 2.69 bits per heavy atom. The zero-order valence-corrected chi connectivity index (χ0v) is 17.1. The molecule has 0 aromatic heterocycles. The predicted octanol–water partition coefficient (Wildman–Crippen LogP) is 3.95. The molecule has 1 saturated heterocycles. The fourth-order valence-corrected chi connectivity index (χ4v) is 3.83. The average molecular weight is 455 g/mol. The van der Waals surface area contributed by atoms with Gasteiger partial charge in [0.25, 0.3) is 11.7 Å². The highest BCUT2D eigenvalue weighted by Crippen LogP contribution is 2.31. The number of carbonyl (C=O) groups is 2. The van der Waals surface area contributed by atoms with Crippen molar-refractivity contribution < 1.29 is 19.4 Å². The summed E-state index contributed by atoms with van der Waals surface area (Å²) < 4.78 is 5.99. The Bertz CT molecular complexity index is 1090. The number of nitrogens with one attached hydrogen (secondary N) is 1. The molecule has 0 radical (unpaired) electrons. The lowest BCUT2D eigenvalue weighted by Gasteiger charge is -2.22. The molecule has 2 amide bonds. The molecule has 2 N–H and O–H groups in total. The number of anilines is 1. The van der Waals surface area contributed by atoms with E-state index in [1.165, 1.54) is 4.90 Å². The monoisotopic (exact) mass is 454 g/mol. The van der Waals surface area contributed by atoms with Crippen LogP contribution in [0.4, 0.5) is 10.5 Å². The molecule has 1 fully saturated rings. The summed E-state index contributed by atoms with van der Waals surface area (Å²) in [4.78, 5) is 26.4. The molecule has 1 heterocycles. The Kier molecular flexibility index (Phi) is 5.25. The van der Waals surface area contributed by atoms with Crippen LogP contribution in [0.15, 0.2) is 71.2 Å². The fraction of sp³-hybridized carbons (Fsp3) is 0.182.